The lowest BCUT2D eigenvalue weighted by molar-refractivity contribution is 0.259. The Bertz CT molecular complexity index is 652. The maximum atomic E-state index is 12.6. The van der Waals surface area contributed by atoms with E-state index in [1.54, 1.807) is 22.8 Å². The zero-order chi connectivity index (χ0) is 14.0. The van der Waals surface area contributed by atoms with Gasteiger partial charge in [0.2, 0.25) is 0 Å². The van der Waals surface area contributed by atoms with Crippen LogP contribution in [0.1, 0.15) is 32.1 Å². The second-order valence-corrected chi connectivity index (χ2v) is 4.96. The standard InChI is InChI=1S/C14H17ClN2O2/c1-3-12-16-11-6-4-5-10(15)13(11)14(19)17(12)9(2)7-8-18/h4-6,9,18H,3,7-8H2,1-2H3. The molecule has 5 heteroatoms. The smallest absolute Gasteiger partial charge is 0.263 e. The van der Waals surface area contributed by atoms with Gasteiger partial charge in [-0.2, -0.15) is 0 Å². The number of aliphatic hydroxyl groups excluding tert-OH is 1. The molecule has 2 rings (SSSR count). The van der Waals surface area contributed by atoms with E-state index < -0.39 is 0 Å². The Balaban J connectivity index is 2.78. The van der Waals surface area contributed by atoms with Gasteiger partial charge >= 0.3 is 0 Å². The number of aryl methyl sites for hydroxylation is 1. The monoisotopic (exact) mass is 280 g/mol. The van der Waals surface area contributed by atoms with Crippen molar-refractivity contribution < 1.29 is 5.11 Å². The number of hydrogen-bond donors (Lipinski definition) is 1. The summed E-state index contributed by atoms with van der Waals surface area (Å²) in [6.07, 6.45) is 1.18. The molecule has 1 aromatic heterocycles. The quantitative estimate of drug-likeness (QED) is 0.936. The number of aliphatic hydroxyl groups is 1. The van der Waals surface area contributed by atoms with E-state index in [9.17, 15) is 4.79 Å². The lowest BCUT2D eigenvalue weighted by atomic mass is 10.2. The lowest BCUT2D eigenvalue weighted by Crippen LogP contribution is -2.28. The maximum absolute atomic E-state index is 12.6. The van der Waals surface area contributed by atoms with E-state index in [0.717, 1.165) is 5.82 Å². The highest BCUT2D eigenvalue weighted by Gasteiger charge is 2.16. The van der Waals surface area contributed by atoms with Crippen LogP contribution in [0.4, 0.5) is 0 Å². The summed E-state index contributed by atoms with van der Waals surface area (Å²) in [4.78, 5) is 17.1. The molecule has 0 aliphatic carbocycles. The number of hydrogen-bond acceptors (Lipinski definition) is 3. The fraction of sp³-hybridized carbons (Fsp3) is 0.429. The molecular formula is C14H17ClN2O2. The summed E-state index contributed by atoms with van der Waals surface area (Å²) in [5, 5.41) is 9.93. The Morgan fingerprint density at radius 1 is 1.47 bits per heavy atom. The molecule has 102 valence electrons. The Morgan fingerprint density at radius 2 is 2.21 bits per heavy atom. The highest BCUT2D eigenvalue weighted by molar-refractivity contribution is 6.35. The Kier molecular flexibility index (Phi) is 4.22. The summed E-state index contributed by atoms with van der Waals surface area (Å²) >= 11 is 6.11. The molecular weight excluding hydrogens is 264 g/mol. The van der Waals surface area contributed by atoms with Crippen molar-refractivity contribution in [1.82, 2.24) is 9.55 Å². The average molecular weight is 281 g/mol. The van der Waals surface area contributed by atoms with Crippen LogP contribution in [-0.4, -0.2) is 21.3 Å². The minimum atomic E-state index is -0.131. The molecule has 0 aliphatic heterocycles. The number of aromatic nitrogens is 2. The summed E-state index contributed by atoms with van der Waals surface area (Å²) in [6, 6.07) is 5.18. The summed E-state index contributed by atoms with van der Waals surface area (Å²) < 4.78 is 1.64. The largest absolute Gasteiger partial charge is 0.396 e. The summed E-state index contributed by atoms with van der Waals surface area (Å²) in [6.45, 7) is 3.90. The molecule has 0 radical (unpaired) electrons. The van der Waals surface area contributed by atoms with Crippen LogP contribution in [0.15, 0.2) is 23.0 Å². The molecule has 0 saturated carbocycles. The van der Waals surface area contributed by atoms with Crippen LogP contribution in [0, 0.1) is 0 Å². The fourth-order valence-electron chi connectivity index (χ4n) is 2.27. The second-order valence-electron chi connectivity index (χ2n) is 4.55. The van der Waals surface area contributed by atoms with Gasteiger partial charge in [-0.3, -0.25) is 9.36 Å². The molecule has 0 spiro atoms. The van der Waals surface area contributed by atoms with E-state index in [0.29, 0.717) is 28.8 Å². The molecule has 1 unspecified atom stereocenters. The van der Waals surface area contributed by atoms with Crippen molar-refractivity contribution in [2.75, 3.05) is 6.61 Å². The van der Waals surface area contributed by atoms with E-state index >= 15 is 0 Å². The Hall–Kier alpha value is -1.39. The fourth-order valence-corrected chi connectivity index (χ4v) is 2.52. The highest BCUT2D eigenvalue weighted by atomic mass is 35.5. The van der Waals surface area contributed by atoms with Crippen molar-refractivity contribution in [3.05, 3.63) is 39.4 Å². The minimum absolute atomic E-state index is 0.0390. The van der Waals surface area contributed by atoms with Crippen molar-refractivity contribution in [1.29, 1.82) is 0 Å². The third-order valence-electron chi connectivity index (χ3n) is 3.26. The van der Waals surface area contributed by atoms with E-state index in [2.05, 4.69) is 4.98 Å². The Labute approximate surface area is 116 Å². The topological polar surface area (TPSA) is 55.1 Å². The van der Waals surface area contributed by atoms with Gasteiger partial charge < -0.3 is 5.11 Å². The van der Waals surface area contributed by atoms with Crippen molar-refractivity contribution in [2.24, 2.45) is 0 Å². The van der Waals surface area contributed by atoms with E-state index in [1.165, 1.54) is 0 Å². The van der Waals surface area contributed by atoms with Crippen LogP contribution in [0.3, 0.4) is 0 Å². The molecule has 0 saturated heterocycles. The van der Waals surface area contributed by atoms with E-state index in [4.69, 9.17) is 16.7 Å². The molecule has 1 atom stereocenters. The van der Waals surface area contributed by atoms with E-state index in [1.807, 2.05) is 13.8 Å². The molecule has 4 nitrogen and oxygen atoms in total. The van der Waals surface area contributed by atoms with Crippen molar-refractivity contribution in [3.63, 3.8) is 0 Å². The van der Waals surface area contributed by atoms with Gasteiger partial charge in [0.05, 0.1) is 15.9 Å². The first kappa shape index (κ1) is 14.0. The van der Waals surface area contributed by atoms with Gasteiger partial charge in [-0.1, -0.05) is 24.6 Å². The summed E-state index contributed by atoms with van der Waals surface area (Å²) in [5.74, 6) is 0.723. The van der Waals surface area contributed by atoms with E-state index in [-0.39, 0.29) is 18.2 Å². The van der Waals surface area contributed by atoms with Crippen LogP contribution < -0.4 is 5.56 Å². The van der Waals surface area contributed by atoms with Crippen molar-refractivity contribution >= 4 is 22.5 Å². The second kappa shape index (κ2) is 5.72. The van der Waals surface area contributed by atoms with Gasteiger partial charge in [0.15, 0.2) is 0 Å². The number of nitrogens with zero attached hydrogens (tertiary/aromatic N) is 2. The molecule has 19 heavy (non-hydrogen) atoms. The zero-order valence-electron chi connectivity index (χ0n) is 11.1. The van der Waals surface area contributed by atoms with Crippen LogP contribution in [-0.2, 0) is 6.42 Å². The first-order valence-corrected chi connectivity index (χ1v) is 6.78. The van der Waals surface area contributed by atoms with Gasteiger partial charge in [0.25, 0.3) is 5.56 Å². The molecule has 1 N–H and O–H groups in total. The molecule has 1 aromatic carbocycles. The van der Waals surface area contributed by atoms with Crippen LogP contribution in [0.2, 0.25) is 5.02 Å². The Morgan fingerprint density at radius 3 is 2.84 bits per heavy atom. The average Bonchev–Trinajstić information content (AvgIpc) is 2.38. The molecule has 2 aromatic rings. The van der Waals surface area contributed by atoms with Crippen LogP contribution in [0.25, 0.3) is 10.9 Å². The molecule has 0 amide bonds. The molecule has 1 heterocycles. The SMILES string of the molecule is CCc1nc2cccc(Cl)c2c(=O)n1C(C)CCO. The highest BCUT2D eigenvalue weighted by Crippen LogP contribution is 2.21. The molecule has 0 fully saturated rings. The summed E-state index contributed by atoms with van der Waals surface area (Å²) in [7, 11) is 0. The predicted molar refractivity (Wildman–Crippen MR) is 76.8 cm³/mol. The maximum Gasteiger partial charge on any atom is 0.263 e. The number of rotatable bonds is 4. The third-order valence-corrected chi connectivity index (χ3v) is 3.57. The van der Waals surface area contributed by atoms with Gasteiger partial charge in [0, 0.05) is 19.1 Å². The lowest BCUT2D eigenvalue weighted by Gasteiger charge is -2.18. The van der Waals surface area contributed by atoms with Crippen LogP contribution >= 0.6 is 11.6 Å². The normalized spacial score (nSPS) is 12.8. The summed E-state index contributed by atoms with van der Waals surface area (Å²) in [5.41, 5.74) is 0.496. The zero-order valence-corrected chi connectivity index (χ0v) is 11.8. The first-order valence-electron chi connectivity index (χ1n) is 6.40. The predicted octanol–water partition coefficient (Wildman–Crippen LogP) is 2.56. The van der Waals surface area contributed by atoms with Gasteiger partial charge in [-0.15, -0.1) is 0 Å². The molecule has 0 aliphatic rings. The minimum Gasteiger partial charge on any atom is -0.396 e. The van der Waals surface area contributed by atoms with Crippen LogP contribution in [0.5, 0.6) is 0 Å². The number of benzene rings is 1. The van der Waals surface area contributed by atoms with Gasteiger partial charge in [0.1, 0.15) is 5.82 Å². The van der Waals surface area contributed by atoms with Gasteiger partial charge in [-0.25, -0.2) is 4.98 Å². The van der Waals surface area contributed by atoms with Crippen molar-refractivity contribution in [3.8, 4) is 0 Å². The molecule has 0 bridgehead atoms. The number of fused-ring (bicyclic) bond motifs is 1. The third kappa shape index (κ3) is 2.51. The first-order chi connectivity index (χ1) is 9.10. The van der Waals surface area contributed by atoms with Gasteiger partial charge in [-0.05, 0) is 25.5 Å². The van der Waals surface area contributed by atoms with Crippen molar-refractivity contribution in [2.45, 2.75) is 32.7 Å². The number of halogens is 1.